The summed E-state index contributed by atoms with van der Waals surface area (Å²) in [5, 5.41) is 1.07. The molecule has 0 radical (unpaired) electrons. The number of para-hydroxylation sites is 1. The normalized spacial score (nSPS) is 11.2. The molecule has 2 aromatic heterocycles. The number of hydrogen-bond donors (Lipinski definition) is 0. The van der Waals surface area contributed by atoms with Crippen molar-refractivity contribution in [3.63, 3.8) is 0 Å². The Bertz CT molecular complexity index is 742. The van der Waals surface area contributed by atoms with Crippen molar-refractivity contribution < 1.29 is 4.74 Å². The second kappa shape index (κ2) is 5.91. The third-order valence-corrected chi connectivity index (χ3v) is 3.83. The lowest BCUT2D eigenvalue weighted by atomic mass is 10.3. The molecule has 0 amide bonds. The van der Waals surface area contributed by atoms with Crippen LogP contribution < -0.4 is 4.74 Å². The minimum absolute atomic E-state index is 0.0150. The molecule has 21 heavy (non-hydrogen) atoms. The Kier molecular flexibility index (Phi) is 3.98. The lowest BCUT2D eigenvalue weighted by Crippen LogP contribution is -2.10. The molecule has 3 rings (SSSR count). The predicted octanol–water partition coefficient (Wildman–Crippen LogP) is 3.51. The van der Waals surface area contributed by atoms with Gasteiger partial charge in [0.05, 0.1) is 22.7 Å². The Morgan fingerprint density at radius 2 is 1.95 bits per heavy atom. The van der Waals surface area contributed by atoms with E-state index in [1.807, 2.05) is 38.1 Å². The van der Waals surface area contributed by atoms with Crippen LogP contribution in [0.2, 0.25) is 5.28 Å². The molecule has 0 aliphatic carbocycles. The van der Waals surface area contributed by atoms with Gasteiger partial charge in [-0.25, -0.2) is 9.97 Å². The van der Waals surface area contributed by atoms with Crippen LogP contribution in [0.5, 0.6) is 6.01 Å². The zero-order valence-electron chi connectivity index (χ0n) is 11.6. The topological polar surface area (TPSA) is 60.8 Å². The Hall–Kier alpha value is -1.79. The van der Waals surface area contributed by atoms with Crippen LogP contribution in [0.25, 0.3) is 10.2 Å². The molecule has 0 fully saturated rings. The van der Waals surface area contributed by atoms with E-state index in [4.69, 9.17) is 16.3 Å². The number of rotatable bonds is 4. The fraction of sp³-hybridized carbons (Fsp3) is 0.286. The first-order chi connectivity index (χ1) is 10.1. The molecular weight excluding hydrogens is 308 g/mol. The van der Waals surface area contributed by atoms with Gasteiger partial charge in [-0.15, -0.1) is 11.3 Å². The van der Waals surface area contributed by atoms with Gasteiger partial charge >= 0.3 is 6.01 Å². The van der Waals surface area contributed by atoms with E-state index in [1.54, 1.807) is 11.3 Å². The van der Waals surface area contributed by atoms with E-state index in [0.717, 1.165) is 15.2 Å². The molecule has 0 atom stereocenters. The lowest BCUT2D eigenvalue weighted by Gasteiger charge is -2.08. The van der Waals surface area contributed by atoms with Crippen molar-refractivity contribution in [1.29, 1.82) is 0 Å². The van der Waals surface area contributed by atoms with Crippen LogP contribution in [0.3, 0.4) is 0 Å². The molecule has 7 heteroatoms. The highest BCUT2D eigenvalue weighted by molar-refractivity contribution is 7.18. The Balaban J connectivity index is 1.88. The zero-order valence-corrected chi connectivity index (χ0v) is 13.1. The molecule has 0 aliphatic heterocycles. The van der Waals surface area contributed by atoms with Gasteiger partial charge in [0.25, 0.3) is 0 Å². The Labute approximate surface area is 131 Å². The molecule has 0 saturated carbocycles. The summed E-state index contributed by atoms with van der Waals surface area (Å²) in [6.45, 7) is 3.82. The third-order valence-electron chi connectivity index (χ3n) is 2.62. The van der Waals surface area contributed by atoms with Gasteiger partial charge in [0.1, 0.15) is 10.8 Å². The summed E-state index contributed by atoms with van der Waals surface area (Å²) in [6, 6.07) is 8.26. The number of benzene rings is 1. The van der Waals surface area contributed by atoms with Crippen molar-refractivity contribution in [3.8, 4) is 6.01 Å². The molecule has 0 saturated heterocycles. The quantitative estimate of drug-likeness (QED) is 0.736. The van der Waals surface area contributed by atoms with Crippen molar-refractivity contribution in [2.24, 2.45) is 0 Å². The number of hydrogen-bond acceptors (Lipinski definition) is 6. The zero-order chi connectivity index (χ0) is 14.8. The van der Waals surface area contributed by atoms with Crippen LogP contribution in [0, 0.1) is 0 Å². The van der Waals surface area contributed by atoms with E-state index in [0.29, 0.717) is 12.2 Å². The molecule has 5 nitrogen and oxygen atoms in total. The standard InChI is InChI=1S/C14H13ClN4OS/c1-8(2)20-14-18-11(17-13(15)19-14)7-12-16-9-5-3-4-6-10(9)21-12/h3-6,8H,7H2,1-2H3. The van der Waals surface area contributed by atoms with Crippen LogP contribution in [0.15, 0.2) is 24.3 Å². The molecule has 1 aromatic carbocycles. The van der Waals surface area contributed by atoms with Crippen molar-refractivity contribution >= 4 is 33.2 Å². The fourth-order valence-electron chi connectivity index (χ4n) is 1.84. The van der Waals surface area contributed by atoms with Gasteiger partial charge in [0.15, 0.2) is 0 Å². The average molecular weight is 321 g/mol. The first-order valence-electron chi connectivity index (χ1n) is 6.52. The molecule has 3 aromatic rings. The highest BCUT2D eigenvalue weighted by Crippen LogP contribution is 2.23. The van der Waals surface area contributed by atoms with Crippen LogP contribution >= 0.6 is 22.9 Å². The highest BCUT2D eigenvalue weighted by atomic mass is 35.5. The molecule has 0 unspecified atom stereocenters. The van der Waals surface area contributed by atoms with Gasteiger partial charge in [-0.2, -0.15) is 9.97 Å². The van der Waals surface area contributed by atoms with E-state index < -0.39 is 0 Å². The monoisotopic (exact) mass is 320 g/mol. The van der Waals surface area contributed by atoms with Crippen LogP contribution in [-0.4, -0.2) is 26.0 Å². The first-order valence-corrected chi connectivity index (χ1v) is 7.71. The molecule has 0 N–H and O–H groups in total. The van der Waals surface area contributed by atoms with Crippen LogP contribution in [-0.2, 0) is 6.42 Å². The molecule has 0 bridgehead atoms. The highest BCUT2D eigenvalue weighted by Gasteiger charge is 2.11. The number of fused-ring (bicyclic) bond motifs is 1. The van der Waals surface area contributed by atoms with Crippen molar-refractivity contribution in [1.82, 2.24) is 19.9 Å². The summed E-state index contributed by atoms with van der Waals surface area (Å²) < 4.78 is 6.61. The SMILES string of the molecule is CC(C)Oc1nc(Cl)nc(Cc2nc3ccccc3s2)n1. The maximum absolute atomic E-state index is 5.92. The largest absolute Gasteiger partial charge is 0.461 e. The Morgan fingerprint density at radius 1 is 1.14 bits per heavy atom. The van der Waals surface area contributed by atoms with Gasteiger partial charge < -0.3 is 4.74 Å². The van der Waals surface area contributed by atoms with Gasteiger partial charge in [-0.05, 0) is 37.6 Å². The summed E-state index contributed by atoms with van der Waals surface area (Å²) in [4.78, 5) is 16.9. The van der Waals surface area contributed by atoms with Gasteiger partial charge in [-0.1, -0.05) is 12.1 Å². The predicted molar refractivity (Wildman–Crippen MR) is 83.0 cm³/mol. The molecule has 0 aliphatic rings. The maximum Gasteiger partial charge on any atom is 0.321 e. The number of aromatic nitrogens is 4. The van der Waals surface area contributed by atoms with E-state index in [1.165, 1.54) is 0 Å². The lowest BCUT2D eigenvalue weighted by molar-refractivity contribution is 0.220. The third kappa shape index (κ3) is 3.46. The van der Waals surface area contributed by atoms with E-state index >= 15 is 0 Å². The van der Waals surface area contributed by atoms with E-state index in [2.05, 4.69) is 19.9 Å². The van der Waals surface area contributed by atoms with Gasteiger partial charge in [-0.3, -0.25) is 0 Å². The maximum atomic E-state index is 5.92. The molecule has 2 heterocycles. The summed E-state index contributed by atoms with van der Waals surface area (Å²) in [5.74, 6) is 0.560. The second-order valence-electron chi connectivity index (χ2n) is 4.72. The first kappa shape index (κ1) is 14.2. The molecule has 0 spiro atoms. The summed E-state index contributed by atoms with van der Waals surface area (Å²) >= 11 is 7.54. The molecular formula is C14H13ClN4OS. The number of ether oxygens (including phenoxy) is 1. The minimum atomic E-state index is -0.0150. The van der Waals surface area contributed by atoms with Gasteiger partial charge in [0, 0.05) is 0 Å². The van der Waals surface area contributed by atoms with Crippen LogP contribution in [0.4, 0.5) is 0 Å². The van der Waals surface area contributed by atoms with Crippen molar-refractivity contribution in [2.45, 2.75) is 26.4 Å². The van der Waals surface area contributed by atoms with E-state index in [9.17, 15) is 0 Å². The van der Waals surface area contributed by atoms with Crippen LogP contribution in [0.1, 0.15) is 24.7 Å². The summed E-state index contributed by atoms with van der Waals surface area (Å²) in [5.41, 5.74) is 0.983. The average Bonchev–Trinajstić information content (AvgIpc) is 2.78. The number of nitrogens with zero attached hydrogens (tertiary/aromatic N) is 4. The number of thiazole rings is 1. The smallest absolute Gasteiger partial charge is 0.321 e. The molecule has 108 valence electrons. The number of halogens is 1. The Morgan fingerprint density at radius 3 is 2.71 bits per heavy atom. The fourth-order valence-corrected chi connectivity index (χ4v) is 2.98. The van der Waals surface area contributed by atoms with Crippen molar-refractivity contribution in [3.05, 3.63) is 40.4 Å². The van der Waals surface area contributed by atoms with E-state index in [-0.39, 0.29) is 17.4 Å². The summed E-state index contributed by atoms with van der Waals surface area (Å²) in [6.07, 6.45) is 0.495. The van der Waals surface area contributed by atoms with Crippen molar-refractivity contribution in [2.75, 3.05) is 0 Å². The minimum Gasteiger partial charge on any atom is -0.461 e. The second-order valence-corrected chi connectivity index (χ2v) is 6.18. The summed E-state index contributed by atoms with van der Waals surface area (Å²) in [7, 11) is 0. The van der Waals surface area contributed by atoms with Gasteiger partial charge in [0.2, 0.25) is 5.28 Å².